The van der Waals surface area contributed by atoms with Crippen LogP contribution in [0.4, 0.5) is 18.3 Å². The summed E-state index contributed by atoms with van der Waals surface area (Å²) in [6, 6.07) is 0. The van der Waals surface area contributed by atoms with Gasteiger partial charge in [-0.25, -0.2) is 0 Å². The Morgan fingerprint density at radius 2 is 2.12 bits per heavy atom. The van der Waals surface area contributed by atoms with Crippen LogP contribution in [0.15, 0.2) is 0 Å². The Hall–Kier alpha value is -1.38. The van der Waals surface area contributed by atoms with Gasteiger partial charge in [0.25, 0.3) is 0 Å². The molecule has 0 radical (unpaired) electrons. The Balaban J connectivity index is 2.87. The van der Waals surface area contributed by atoms with Crippen LogP contribution in [0, 0.1) is 0 Å². The minimum absolute atomic E-state index is 0.0442. The molecule has 90 valence electrons. The highest BCUT2D eigenvalue weighted by molar-refractivity contribution is 7.15. The van der Waals surface area contributed by atoms with Gasteiger partial charge in [0.2, 0.25) is 10.1 Å². The molecule has 16 heavy (non-hydrogen) atoms. The van der Waals surface area contributed by atoms with Gasteiger partial charge in [-0.3, -0.25) is 4.79 Å². The van der Waals surface area contributed by atoms with Crippen molar-refractivity contribution in [3.63, 3.8) is 0 Å². The SMILES string of the molecule is CCN(CC(=O)O)c1nnc(C(F)(F)F)s1. The quantitative estimate of drug-likeness (QED) is 0.882. The first-order chi connectivity index (χ1) is 7.34. The number of carboxylic acids is 1. The molecule has 0 saturated heterocycles. The molecule has 0 aliphatic rings. The van der Waals surface area contributed by atoms with Crippen LogP contribution >= 0.6 is 11.3 Å². The average Bonchev–Trinajstić information content (AvgIpc) is 2.61. The first-order valence-electron chi connectivity index (χ1n) is 4.22. The van der Waals surface area contributed by atoms with E-state index in [0.717, 1.165) is 0 Å². The maximum absolute atomic E-state index is 12.2. The van der Waals surface area contributed by atoms with E-state index in [9.17, 15) is 18.0 Å². The third-order valence-corrected chi connectivity index (χ3v) is 2.66. The van der Waals surface area contributed by atoms with Crippen LogP contribution in [0.3, 0.4) is 0 Å². The molecule has 5 nitrogen and oxygen atoms in total. The number of aliphatic carboxylic acids is 1. The maximum atomic E-state index is 12.2. The highest BCUT2D eigenvalue weighted by Gasteiger charge is 2.36. The summed E-state index contributed by atoms with van der Waals surface area (Å²) in [4.78, 5) is 11.6. The molecule has 0 aliphatic carbocycles. The largest absolute Gasteiger partial charge is 0.480 e. The fourth-order valence-electron chi connectivity index (χ4n) is 0.936. The second-order valence-electron chi connectivity index (χ2n) is 2.80. The summed E-state index contributed by atoms with van der Waals surface area (Å²) in [6.07, 6.45) is -4.54. The zero-order chi connectivity index (χ0) is 12.3. The number of aromatic nitrogens is 2. The first kappa shape index (κ1) is 12.7. The number of hydrogen-bond acceptors (Lipinski definition) is 5. The van der Waals surface area contributed by atoms with Crippen LogP contribution in [0.25, 0.3) is 0 Å². The molecule has 0 amide bonds. The monoisotopic (exact) mass is 255 g/mol. The lowest BCUT2D eigenvalue weighted by Crippen LogP contribution is -2.29. The summed E-state index contributed by atoms with van der Waals surface area (Å²) in [7, 11) is 0. The topological polar surface area (TPSA) is 66.3 Å². The summed E-state index contributed by atoms with van der Waals surface area (Å²) in [6.45, 7) is 1.47. The zero-order valence-corrected chi connectivity index (χ0v) is 8.97. The van der Waals surface area contributed by atoms with Crippen molar-refractivity contribution in [3.8, 4) is 0 Å². The zero-order valence-electron chi connectivity index (χ0n) is 8.15. The van der Waals surface area contributed by atoms with Crippen molar-refractivity contribution in [2.45, 2.75) is 13.1 Å². The Morgan fingerprint density at radius 1 is 1.50 bits per heavy atom. The molecule has 9 heteroatoms. The number of carbonyl (C=O) groups is 1. The molecule has 0 bridgehead atoms. The highest BCUT2D eigenvalue weighted by atomic mass is 32.1. The Labute approximate surface area is 92.5 Å². The summed E-state index contributed by atoms with van der Waals surface area (Å²) in [5, 5.41) is 13.7. The van der Waals surface area contributed by atoms with Gasteiger partial charge in [-0.05, 0) is 6.92 Å². The molecule has 0 spiro atoms. The van der Waals surface area contributed by atoms with E-state index < -0.39 is 23.7 Å². The number of hydrogen-bond donors (Lipinski definition) is 1. The Morgan fingerprint density at radius 3 is 2.50 bits per heavy atom. The lowest BCUT2D eigenvalue weighted by atomic mass is 10.5. The van der Waals surface area contributed by atoms with Crippen molar-refractivity contribution in [3.05, 3.63) is 5.01 Å². The predicted octanol–water partition coefficient (Wildman–Crippen LogP) is 1.47. The standard InChI is InChI=1S/C7H8F3N3O2S/c1-2-13(3-4(14)15)6-12-11-5(16-6)7(8,9)10/h2-3H2,1H3,(H,14,15). The van der Waals surface area contributed by atoms with E-state index in [1.165, 1.54) is 4.90 Å². The van der Waals surface area contributed by atoms with Gasteiger partial charge in [0.05, 0.1) is 0 Å². The normalized spacial score (nSPS) is 11.5. The number of likely N-dealkylation sites (N-methyl/N-ethyl adjacent to an activating group) is 1. The smallest absolute Gasteiger partial charge is 0.445 e. The second kappa shape index (κ2) is 4.64. The van der Waals surface area contributed by atoms with Gasteiger partial charge in [-0.1, -0.05) is 11.3 Å². The Kier molecular flexibility index (Phi) is 3.68. The lowest BCUT2D eigenvalue weighted by Gasteiger charge is -2.15. The Bertz CT molecular complexity index is 379. The van der Waals surface area contributed by atoms with E-state index in [-0.39, 0.29) is 11.7 Å². The molecular formula is C7H8F3N3O2S. The molecule has 1 aromatic heterocycles. The summed E-state index contributed by atoms with van der Waals surface area (Å²) < 4.78 is 36.6. The fraction of sp³-hybridized carbons (Fsp3) is 0.571. The number of nitrogens with zero attached hydrogens (tertiary/aromatic N) is 3. The van der Waals surface area contributed by atoms with Crippen molar-refractivity contribution in [2.24, 2.45) is 0 Å². The molecular weight excluding hydrogens is 247 g/mol. The second-order valence-corrected chi connectivity index (χ2v) is 3.75. The third kappa shape index (κ3) is 3.05. The van der Waals surface area contributed by atoms with Gasteiger partial charge in [-0.15, -0.1) is 10.2 Å². The van der Waals surface area contributed by atoms with E-state index in [1.54, 1.807) is 6.92 Å². The molecule has 0 saturated carbocycles. The molecule has 0 fully saturated rings. The van der Waals surface area contributed by atoms with Crippen molar-refractivity contribution >= 4 is 22.4 Å². The van der Waals surface area contributed by atoms with E-state index in [0.29, 0.717) is 11.3 Å². The van der Waals surface area contributed by atoms with Crippen molar-refractivity contribution < 1.29 is 23.1 Å². The first-order valence-corrected chi connectivity index (χ1v) is 5.03. The number of carboxylic acid groups (broad SMARTS) is 1. The molecule has 0 aromatic carbocycles. The van der Waals surface area contributed by atoms with Crippen LogP contribution < -0.4 is 4.90 Å². The van der Waals surface area contributed by atoms with E-state index in [4.69, 9.17) is 5.11 Å². The van der Waals surface area contributed by atoms with Gasteiger partial charge >= 0.3 is 12.1 Å². The van der Waals surface area contributed by atoms with Crippen LogP contribution in [-0.2, 0) is 11.0 Å². The maximum Gasteiger partial charge on any atom is 0.445 e. The van der Waals surface area contributed by atoms with Gasteiger partial charge in [0.15, 0.2) is 0 Å². The minimum Gasteiger partial charge on any atom is -0.480 e. The summed E-state index contributed by atoms with van der Waals surface area (Å²) in [5.41, 5.74) is 0. The number of anilines is 1. The molecule has 1 heterocycles. The minimum atomic E-state index is -4.54. The van der Waals surface area contributed by atoms with Gasteiger partial charge in [0, 0.05) is 6.54 Å². The number of alkyl halides is 3. The number of halogens is 3. The van der Waals surface area contributed by atoms with Crippen molar-refractivity contribution in [2.75, 3.05) is 18.0 Å². The van der Waals surface area contributed by atoms with Crippen molar-refractivity contribution in [1.29, 1.82) is 0 Å². The molecule has 0 unspecified atom stereocenters. The van der Waals surface area contributed by atoms with Crippen molar-refractivity contribution in [1.82, 2.24) is 10.2 Å². The predicted molar refractivity (Wildman–Crippen MR) is 50.4 cm³/mol. The van der Waals surface area contributed by atoms with Gasteiger partial charge in [0.1, 0.15) is 6.54 Å². The molecule has 1 rings (SSSR count). The van der Waals surface area contributed by atoms with Gasteiger partial charge in [-0.2, -0.15) is 13.2 Å². The average molecular weight is 255 g/mol. The van der Waals surface area contributed by atoms with Gasteiger partial charge < -0.3 is 10.0 Å². The van der Waals surface area contributed by atoms with E-state index >= 15 is 0 Å². The van der Waals surface area contributed by atoms with E-state index in [1.807, 2.05) is 0 Å². The molecule has 1 aromatic rings. The molecule has 0 atom stereocenters. The fourth-order valence-corrected chi connectivity index (χ4v) is 1.71. The van der Waals surface area contributed by atoms with Crippen LogP contribution in [0.1, 0.15) is 11.9 Å². The van der Waals surface area contributed by atoms with Crippen LogP contribution in [0.2, 0.25) is 0 Å². The lowest BCUT2D eigenvalue weighted by molar-refractivity contribution is -0.138. The van der Waals surface area contributed by atoms with E-state index in [2.05, 4.69) is 10.2 Å². The summed E-state index contributed by atoms with van der Waals surface area (Å²) >= 11 is 0.330. The van der Waals surface area contributed by atoms with Crippen LogP contribution in [-0.4, -0.2) is 34.4 Å². The molecule has 0 aliphatic heterocycles. The highest BCUT2D eigenvalue weighted by Crippen LogP contribution is 2.34. The number of rotatable bonds is 4. The third-order valence-electron chi connectivity index (χ3n) is 1.64. The van der Waals surface area contributed by atoms with Crippen LogP contribution in [0.5, 0.6) is 0 Å². The summed E-state index contributed by atoms with van der Waals surface area (Å²) in [5.74, 6) is -1.13. The molecule has 1 N–H and O–H groups in total.